The molecular weight excluding hydrogens is 264 g/mol. The average molecular weight is 282 g/mol. The lowest BCUT2D eigenvalue weighted by Gasteiger charge is -2.24. The van der Waals surface area contributed by atoms with Crippen molar-refractivity contribution in [2.75, 3.05) is 13.2 Å². The molecule has 8 nitrogen and oxygen atoms in total. The standard InChI is InChI=1S/C12H18N4O4/c1-6(2)8-14-9(16-15-8)10(17)13-7-4-20-5-12(7,3)11(18)19/h6-7H,4-5H2,1-3H3,(H,13,17)(H,18,19)(H,14,15,16). The van der Waals surface area contributed by atoms with E-state index in [4.69, 9.17) is 4.74 Å². The molecule has 1 aromatic rings. The Morgan fingerprint density at radius 1 is 1.55 bits per heavy atom. The molecule has 1 fully saturated rings. The normalized spacial score (nSPS) is 25.9. The van der Waals surface area contributed by atoms with Crippen LogP contribution in [0.1, 0.15) is 43.1 Å². The van der Waals surface area contributed by atoms with Crippen LogP contribution in [-0.4, -0.2) is 51.4 Å². The molecule has 8 heteroatoms. The zero-order valence-electron chi connectivity index (χ0n) is 11.6. The van der Waals surface area contributed by atoms with Gasteiger partial charge in [0.25, 0.3) is 5.91 Å². The topological polar surface area (TPSA) is 117 Å². The van der Waals surface area contributed by atoms with Crippen molar-refractivity contribution in [1.82, 2.24) is 20.5 Å². The van der Waals surface area contributed by atoms with Gasteiger partial charge in [0, 0.05) is 5.92 Å². The maximum Gasteiger partial charge on any atom is 0.313 e. The average Bonchev–Trinajstić information content (AvgIpc) is 2.98. The summed E-state index contributed by atoms with van der Waals surface area (Å²) in [6.07, 6.45) is 0. The fraction of sp³-hybridized carbons (Fsp3) is 0.667. The molecule has 0 aliphatic carbocycles. The number of ether oxygens (including phenoxy) is 1. The molecule has 0 spiro atoms. The number of carboxylic acid groups (broad SMARTS) is 1. The van der Waals surface area contributed by atoms with Crippen LogP contribution >= 0.6 is 0 Å². The number of carboxylic acids is 1. The van der Waals surface area contributed by atoms with Crippen LogP contribution < -0.4 is 5.32 Å². The molecule has 1 amide bonds. The Kier molecular flexibility index (Phi) is 3.76. The molecule has 0 aromatic carbocycles. The molecule has 1 aromatic heterocycles. The van der Waals surface area contributed by atoms with E-state index in [0.29, 0.717) is 5.82 Å². The molecular formula is C12H18N4O4. The number of hydrogen-bond donors (Lipinski definition) is 3. The molecule has 2 atom stereocenters. The van der Waals surface area contributed by atoms with E-state index < -0.39 is 23.3 Å². The van der Waals surface area contributed by atoms with Gasteiger partial charge in [0.1, 0.15) is 11.2 Å². The van der Waals surface area contributed by atoms with Gasteiger partial charge in [0.05, 0.1) is 19.3 Å². The number of aromatic nitrogens is 3. The van der Waals surface area contributed by atoms with Gasteiger partial charge in [-0.15, -0.1) is 5.10 Å². The van der Waals surface area contributed by atoms with Crippen LogP contribution in [-0.2, 0) is 9.53 Å². The Labute approximate surface area is 115 Å². The van der Waals surface area contributed by atoms with Crippen LogP contribution in [0.2, 0.25) is 0 Å². The highest BCUT2D eigenvalue weighted by molar-refractivity contribution is 5.91. The molecule has 0 saturated carbocycles. The first-order valence-electron chi connectivity index (χ1n) is 6.39. The van der Waals surface area contributed by atoms with Crippen molar-refractivity contribution in [2.45, 2.75) is 32.7 Å². The van der Waals surface area contributed by atoms with Crippen molar-refractivity contribution in [2.24, 2.45) is 5.41 Å². The predicted molar refractivity (Wildman–Crippen MR) is 68.3 cm³/mol. The lowest BCUT2D eigenvalue weighted by Crippen LogP contribution is -2.49. The summed E-state index contributed by atoms with van der Waals surface area (Å²) in [5.41, 5.74) is -1.13. The first kappa shape index (κ1) is 14.4. The molecule has 110 valence electrons. The summed E-state index contributed by atoms with van der Waals surface area (Å²) in [6, 6.07) is -0.603. The summed E-state index contributed by atoms with van der Waals surface area (Å²) in [7, 11) is 0. The smallest absolute Gasteiger partial charge is 0.313 e. The number of aliphatic carboxylic acids is 1. The monoisotopic (exact) mass is 282 g/mol. The summed E-state index contributed by atoms with van der Waals surface area (Å²) in [5, 5.41) is 18.4. The fourth-order valence-electron chi connectivity index (χ4n) is 1.94. The Balaban J connectivity index is 2.09. The van der Waals surface area contributed by atoms with E-state index in [-0.39, 0.29) is 25.0 Å². The molecule has 2 unspecified atom stereocenters. The number of H-pyrrole nitrogens is 1. The number of aromatic amines is 1. The summed E-state index contributed by atoms with van der Waals surface area (Å²) in [6.45, 7) is 5.63. The third-order valence-corrected chi connectivity index (χ3v) is 3.50. The largest absolute Gasteiger partial charge is 0.481 e. The summed E-state index contributed by atoms with van der Waals surface area (Å²) >= 11 is 0. The highest BCUT2D eigenvalue weighted by atomic mass is 16.5. The van der Waals surface area contributed by atoms with E-state index in [9.17, 15) is 14.7 Å². The Hall–Kier alpha value is -1.96. The van der Waals surface area contributed by atoms with Crippen molar-refractivity contribution in [3.05, 3.63) is 11.6 Å². The van der Waals surface area contributed by atoms with Gasteiger partial charge in [-0.1, -0.05) is 13.8 Å². The Morgan fingerprint density at radius 3 is 2.80 bits per heavy atom. The van der Waals surface area contributed by atoms with Gasteiger partial charge in [-0.05, 0) is 6.92 Å². The third kappa shape index (κ3) is 2.51. The van der Waals surface area contributed by atoms with E-state index in [1.54, 1.807) is 6.92 Å². The highest BCUT2D eigenvalue weighted by Crippen LogP contribution is 2.28. The van der Waals surface area contributed by atoms with E-state index in [1.807, 2.05) is 13.8 Å². The van der Waals surface area contributed by atoms with Crippen molar-refractivity contribution in [3.63, 3.8) is 0 Å². The van der Waals surface area contributed by atoms with Crippen molar-refractivity contribution < 1.29 is 19.4 Å². The van der Waals surface area contributed by atoms with Crippen LogP contribution in [0.25, 0.3) is 0 Å². The van der Waals surface area contributed by atoms with Gasteiger partial charge in [0.2, 0.25) is 5.82 Å². The summed E-state index contributed by atoms with van der Waals surface area (Å²) in [4.78, 5) is 27.4. The number of hydrogen-bond acceptors (Lipinski definition) is 5. The lowest BCUT2D eigenvalue weighted by molar-refractivity contribution is -0.148. The van der Waals surface area contributed by atoms with Crippen LogP contribution in [0.4, 0.5) is 0 Å². The molecule has 1 aliphatic rings. The van der Waals surface area contributed by atoms with Gasteiger partial charge in [-0.25, -0.2) is 4.98 Å². The van der Waals surface area contributed by atoms with Crippen LogP contribution in [0, 0.1) is 5.41 Å². The minimum atomic E-state index is -1.13. The van der Waals surface area contributed by atoms with Gasteiger partial charge in [0.15, 0.2) is 0 Å². The van der Waals surface area contributed by atoms with Gasteiger partial charge < -0.3 is 15.2 Å². The summed E-state index contributed by atoms with van der Waals surface area (Å²) in [5.74, 6) is -0.760. The predicted octanol–water partition coefficient (Wildman–Crippen LogP) is 0.148. The minimum Gasteiger partial charge on any atom is -0.481 e. The lowest BCUT2D eigenvalue weighted by atomic mass is 9.85. The van der Waals surface area contributed by atoms with Crippen molar-refractivity contribution in [3.8, 4) is 0 Å². The van der Waals surface area contributed by atoms with Crippen LogP contribution in [0.3, 0.4) is 0 Å². The van der Waals surface area contributed by atoms with Crippen LogP contribution in [0.5, 0.6) is 0 Å². The number of rotatable bonds is 4. The van der Waals surface area contributed by atoms with E-state index in [0.717, 1.165) is 0 Å². The fourth-order valence-corrected chi connectivity index (χ4v) is 1.94. The first-order valence-corrected chi connectivity index (χ1v) is 6.39. The molecule has 3 N–H and O–H groups in total. The Bertz CT molecular complexity index is 527. The molecule has 1 saturated heterocycles. The van der Waals surface area contributed by atoms with Gasteiger partial charge in [-0.2, -0.15) is 0 Å². The molecule has 2 heterocycles. The second kappa shape index (κ2) is 5.20. The van der Waals surface area contributed by atoms with Crippen molar-refractivity contribution in [1.29, 1.82) is 0 Å². The molecule has 1 aliphatic heterocycles. The zero-order chi connectivity index (χ0) is 14.9. The number of amides is 1. The van der Waals surface area contributed by atoms with E-state index >= 15 is 0 Å². The quantitative estimate of drug-likeness (QED) is 0.723. The van der Waals surface area contributed by atoms with Crippen molar-refractivity contribution >= 4 is 11.9 Å². The molecule has 2 rings (SSSR count). The SMILES string of the molecule is CC(C)c1nc(C(=O)NC2COCC2(C)C(=O)O)n[nH]1. The molecule has 0 radical (unpaired) electrons. The second-order valence-electron chi connectivity index (χ2n) is 5.46. The van der Waals surface area contributed by atoms with Gasteiger partial charge in [-0.3, -0.25) is 14.7 Å². The molecule has 20 heavy (non-hydrogen) atoms. The zero-order valence-corrected chi connectivity index (χ0v) is 11.6. The van der Waals surface area contributed by atoms with Crippen LogP contribution in [0.15, 0.2) is 0 Å². The number of nitrogens with zero attached hydrogens (tertiary/aromatic N) is 2. The number of nitrogens with one attached hydrogen (secondary N) is 2. The second-order valence-corrected chi connectivity index (χ2v) is 5.46. The number of carbonyl (C=O) groups is 2. The first-order chi connectivity index (χ1) is 9.34. The van der Waals surface area contributed by atoms with Gasteiger partial charge >= 0.3 is 5.97 Å². The summed E-state index contributed by atoms with van der Waals surface area (Å²) < 4.78 is 5.17. The highest BCUT2D eigenvalue weighted by Gasteiger charge is 2.47. The molecule has 0 bridgehead atoms. The maximum atomic E-state index is 12.0. The van der Waals surface area contributed by atoms with E-state index in [2.05, 4.69) is 20.5 Å². The van der Waals surface area contributed by atoms with E-state index in [1.165, 1.54) is 0 Å². The minimum absolute atomic E-state index is 0.00772. The Morgan fingerprint density at radius 2 is 2.25 bits per heavy atom. The number of carbonyl (C=O) groups excluding carboxylic acids is 1. The third-order valence-electron chi connectivity index (χ3n) is 3.50. The maximum absolute atomic E-state index is 12.0.